The van der Waals surface area contributed by atoms with Crippen molar-refractivity contribution in [3.05, 3.63) is 33.9 Å². The number of rotatable bonds is 3. The maximum atomic E-state index is 14.7. The average Bonchev–Trinajstić information content (AvgIpc) is 3.33. The van der Waals surface area contributed by atoms with E-state index in [0.717, 1.165) is 25.5 Å². The molecule has 4 rings (SSSR count). The molecule has 132 valence electrons. The van der Waals surface area contributed by atoms with Gasteiger partial charge in [0.2, 0.25) is 5.43 Å². The maximum Gasteiger partial charge on any atom is 0.341 e. The van der Waals surface area contributed by atoms with E-state index >= 15 is 0 Å². The lowest BCUT2D eigenvalue weighted by molar-refractivity contribution is 0.0695. The highest BCUT2D eigenvalue weighted by Gasteiger charge is 2.46. The second-order valence-electron chi connectivity index (χ2n) is 6.76. The van der Waals surface area contributed by atoms with Crippen LogP contribution in [0.3, 0.4) is 0 Å². The van der Waals surface area contributed by atoms with Gasteiger partial charge in [0.15, 0.2) is 11.6 Å². The molecule has 3 heterocycles. The van der Waals surface area contributed by atoms with Crippen LogP contribution in [0.4, 0.5) is 10.2 Å². The van der Waals surface area contributed by atoms with Crippen molar-refractivity contribution in [1.82, 2.24) is 14.9 Å². The smallest absolute Gasteiger partial charge is 0.341 e. The van der Waals surface area contributed by atoms with E-state index in [1.54, 1.807) is 4.57 Å². The van der Waals surface area contributed by atoms with Crippen LogP contribution in [-0.4, -0.2) is 45.8 Å². The highest BCUT2D eigenvalue weighted by molar-refractivity contribution is 5.92. The van der Waals surface area contributed by atoms with Crippen molar-refractivity contribution < 1.29 is 14.3 Å². The van der Waals surface area contributed by atoms with E-state index in [1.807, 2.05) is 11.8 Å². The van der Waals surface area contributed by atoms with Gasteiger partial charge in [0.1, 0.15) is 11.2 Å². The maximum absolute atomic E-state index is 14.7. The molecule has 7 nitrogen and oxygen atoms in total. The topological polar surface area (TPSA) is 87.5 Å². The fraction of sp³-hybridized carbons (Fsp3) is 0.471. The molecule has 2 aromatic heterocycles. The molecule has 2 fully saturated rings. The van der Waals surface area contributed by atoms with Crippen molar-refractivity contribution in [3.8, 4) is 0 Å². The summed E-state index contributed by atoms with van der Waals surface area (Å²) in [7, 11) is 0. The third-order valence-electron chi connectivity index (χ3n) is 5.08. The summed E-state index contributed by atoms with van der Waals surface area (Å²) in [5.74, 6) is -1.69. The van der Waals surface area contributed by atoms with Crippen molar-refractivity contribution in [1.29, 1.82) is 0 Å². The van der Waals surface area contributed by atoms with Crippen LogP contribution < -0.4 is 15.6 Å². The largest absolute Gasteiger partial charge is 0.477 e. The van der Waals surface area contributed by atoms with Gasteiger partial charge < -0.3 is 19.9 Å². The number of nitrogens with one attached hydrogen (secondary N) is 1. The van der Waals surface area contributed by atoms with Gasteiger partial charge in [-0.15, -0.1) is 0 Å². The lowest BCUT2D eigenvalue weighted by Crippen LogP contribution is -2.53. The molecule has 2 aromatic rings. The first-order chi connectivity index (χ1) is 11.9. The summed E-state index contributed by atoms with van der Waals surface area (Å²) in [5, 5.41) is 12.7. The molecule has 0 radical (unpaired) electrons. The van der Waals surface area contributed by atoms with Crippen LogP contribution in [0.25, 0.3) is 11.0 Å². The summed E-state index contributed by atoms with van der Waals surface area (Å²) in [6.07, 6.45) is 3.42. The molecule has 25 heavy (non-hydrogen) atoms. The molecule has 0 bridgehead atoms. The lowest BCUT2D eigenvalue weighted by Gasteiger charge is -2.35. The van der Waals surface area contributed by atoms with Gasteiger partial charge >= 0.3 is 5.97 Å². The number of piperazine rings is 1. The first-order valence-corrected chi connectivity index (χ1v) is 8.41. The van der Waals surface area contributed by atoms with E-state index in [1.165, 1.54) is 6.20 Å². The zero-order valence-electron chi connectivity index (χ0n) is 13.9. The highest BCUT2D eigenvalue weighted by atomic mass is 19.1. The van der Waals surface area contributed by atoms with Gasteiger partial charge in [0.25, 0.3) is 0 Å². The molecule has 2 N–H and O–H groups in total. The number of nitrogens with zero attached hydrogens (tertiary/aromatic N) is 3. The number of hydrogen-bond donors (Lipinski definition) is 2. The fourth-order valence-corrected chi connectivity index (χ4v) is 3.51. The highest BCUT2D eigenvalue weighted by Crippen LogP contribution is 2.39. The Kier molecular flexibility index (Phi) is 3.54. The average molecular weight is 346 g/mol. The van der Waals surface area contributed by atoms with Gasteiger partial charge in [0, 0.05) is 37.9 Å². The predicted octanol–water partition coefficient (Wildman–Crippen LogP) is 1.20. The number of carboxylic acids is 1. The van der Waals surface area contributed by atoms with E-state index < -0.39 is 17.2 Å². The number of carbonyl (C=O) groups is 1. The van der Waals surface area contributed by atoms with E-state index in [-0.39, 0.29) is 22.3 Å². The summed E-state index contributed by atoms with van der Waals surface area (Å²) < 4.78 is 16.3. The molecule has 1 aliphatic heterocycles. The summed E-state index contributed by atoms with van der Waals surface area (Å²) in [4.78, 5) is 30.0. The van der Waals surface area contributed by atoms with Gasteiger partial charge in [-0.2, -0.15) is 0 Å². The van der Waals surface area contributed by atoms with Crippen molar-refractivity contribution in [2.75, 3.05) is 24.5 Å². The van der Waals surface area contributed by atoms with Crippen LogP contribution in [0.2, 0.25) is 0 Å². The van der Waals surface area contributed by atoms with Crippen molar-refractivity contribution >= 4 is 22.8 Å². The summed E-state index contributed by atoms with van der Waals surface area (Å²) in [6.45, 7) is 4.34. The van der Waals surface area contributed by atoms with Crippen molar-refractivity contribution in [2.45, 2.75) is 31.8 Å². The number of aromatic nitrogens is 2. The molecule has 0 unspecified atom stereocenters. The number of hydrogen-bond acceptors (Lipinski definition) is 5. The Labute approximate surface area is 143 Å². The second kappa shape index (κ2) is 5.52. The lowest BCUT2D eigenvalue weighted by atomic mass is 10.1. The zero-order chi connectivity index (χ0) is 17.8. The molecule has 1 saturated heterocycles. The number of carboxylic acid groups (broad SMARTS) is 1. The van der Waals surface area contributed by atoms with Crippen LogP contribution in [0.5, 0.6) is 0 Å². The molecular formula is C17H19FN4O3. The molecule has 1 aliphatic carbocycles. The first-order valence-electron chi connectivity index (χ1n) is 8.41. The molecule has 1 spiro atoms. The van der Waals surface area contributed by atoms with Gasteiger partial charge in [-0.3, -0.25) is 4.79 Å². The SMILES string of the molecule is CCn1cc(C(=O)O)c(=O)c2cc(F)c(N3CCNC4(CC4)C3)nc21. The van der Waals surface area contributed by atoms with Crippen LogP contribution in [0, 0.1) is 5.82 Å². The summed E-state index contributed by atoms with van der Waals surface area (Å²) in [5.41, 5.74) is -0.692. The van der Waals surface area contributed by atoms with Crippen LogP contribution >= 0.6 is 0 Å². The summed E-state index contributed by atoms with van der Waals surface area (Å²) >= 11 is 0. The molecule has 2 aliphatic rings. The van der Waals surface area contributed by atoms with Crippen LogP contribution in [0.15, 0.2) is 17.1 Å². The summed E-state index contributed by atoms with van der Waals surface area (Å²) in [6, 6.07) is 1.13. The number of aromatic carboxylic acids is 1. The number of anilines is 1. The molecule has 0 aromatic carbocycles. The van der Waals surface area contributed by atoms with Gasteiger partial charge in [-0.1, -0.05) is 0 Å². The van der Waals surface area contributed by atoms with E-state index in [9.17, 15) is 19.1 Å². The Morgan fingerprint density at radius 1 is 1.48 bits per heavy atom. The predicted molar refractivity (Wildman–Crippen MR) is 90.8 cm³/mol. The van der Waals surface area contributed by atoms with E-state index in [0.29, 0.717) is 25.3 Å². The Balaban J connectivity index is 1.87. The van der Waals surface area contributed by atoms with E-state index in [4.69, 9.17) is 0 Å². The van der Waals surface area contributed by atoms with Crippen molar-refractivity contribution in [3.63, 3.8) is 0 Å². The van der Waals surface area contributed by atoms with Gasteiger partial charge in [-0.25, -0.2) is 14.2 Å². The Morgan fingerprint density at radius 3 is 2.88 bits per heavy atom. The third kappa shape index (κ3) is 2.57. The van der Waals surface area contributed by atoms with Gasteiger partial charge in [0.05, 0.1) is 5.39 Å². The standard InChI is InChI=1S/C17H19FN4O3/c1-2-21-8-11(16(24)25)13(23)10-7-12(18)15(20-14(10)21)22-6-5-19-17(9-22)3-4-17/h7-8,19H,2-6,9H2,1H3,(H,24,25). The second-order valence-corrected chi connectivity index (χ2v) is 6.76. The molecule has 0 amide bonds. The van der Waals surface area contributed by atoms with Gasteiger partial charge in [-0.05, 0) is 25.8 Å². The minimum atomic E-state index is -1.32. The van der Waals surface area contributed by atoms with Crippen molar-refractivity contribution in [2.24, 2.45) is 0 Å². The van der Waals surface area contributed by atoms with Crippen LogP contribution in [0.1, 0.15) is 30.1 Å². The molecular weight excluding hydrogens is 327 g/mol. The normalized spacial score (nSPS) is 18.7. The quantitative estimate of drug-likeness (QED) is 0.868. The number of aryl methyl sites for hydroxylation is 1. The number of fused-ring (bicyclic) bond motifs is 1. The Bertz CT molecular complexity index is 936. The molecule has 8 heteroatoms. The van der Waals surface area contributed by atoms with Crippen LogP contribution in [-0.2, 0) is 6.54 Å². The number of halogens is 1. The number of pyridine rings is 2. The molecule has 0 atom stereocenters. The fourth-order valence-electron chi connectivity index (χ4n) is 3.51. The first kappa shape index (κ1) is 16.0. The molecule has 1 saturated carbocycles. The minimum Gasteiger partial charge on any atom is -0.477 e. The minimum absolute atomic E-state index is 0.000676. The monoisotopic (exact) mass is 346 g/mol. The zero-order valence-corrected chi connectivity index (χ0v) is 13.9. The van der Waals surface area contributed by atoms with E-state index in [2.05, 4.69) is 10.3 Å². The Morgan fingerprint density at radius 2 is 2.24 bits per heavy atom. The third-order valence-corrected chi connectivity index (χ3v) is 5.08. The Hall–Kier alpha value is -2.48.